The number of methoxy groups -OCH3 is 1. The fraction of sp³-hybridized carbons (Fsp3) is 0.625. The van der Waals surface area contributed by atoms with Crippen LogP contribution in [0.3, 0.4) is 0 Å². The Morgan fingerprint density at radius 1 is 1.41 bits per heavy atom. The van der Waals surface area contributed by atoms with Crippen LogP contribution in [-0.2, 0) is 22.8 Å². The van der Waals surface area contributed by atoms with Crippen molar-refractivity contribution in [3.8, 4) is 11.5 Å². The molecule has 0 bridgehead atoms. The summed E-state index contributed by atoms with van der Waals surface area (Å²) in [5.41, 5.74) is 2.24. The Hall–Kier alpha value is -1.27. The molecule has 3 rings (SSSR count). The smallest absolute Gasteiger partial charge is 0.150 e. The second-order valence-electron chi connectivity index (χ2n) is 6.30. The lowest BCUT2D eigenvalue weighted by molar-refractivity contribution is 0.254. The second-order valence-corrected chi connectivity index (χ2v) is 8.53. The Kier molecular flexibility index (Phi) is 4.32. The SMILES string of the molecule is COc1cc2c(cc1CNC[C@H]1CCS(=O)(=O)C1)O[C@H](C)C2. The van der Waals surface area contributed by atoms with Gasteiger partial charge in [-0.1, -0.05) is 0 Å². The van der Waals surface area contributed by atoms with Gasteiger partial charge in [0.25, 0.3) is 0 Å². The van der Waals surface area contributed by atoms with Crippen LogP contribution in [0, 0.1) is 5.92 Å². The Bertz CT molecular complexity index is 656. The van der Waals surface area contributed by atoms with Gasteiger partial charge in [0.2, 0.25) is 0 Å². The van der Waals surface area contributed by atoms with Gasteiger partial charge in [0.1, 0.15) is 17.6 Å². The minimum Gasteiger partial charge on any atom is -0.496 e. The van der Waals surface area contributed by atoms with E-state index in [1.807, 2.05) is 6.07 Å². The van der Waals surface area contributed by atoms with Gasteiger partial charge in [-0.2, -0.15) is 0 Å². The van der Waals surface area contributed by atoms with E-state index in [4.69, 9.17) is 9.47 Å². The van der Waals surface area contributed by atoms with Gasteiger partial charge >= 0.3 is 0 Å². The topological polar surface area (TPSA) is 64.6 Å². The molecule has 22 heavy (non-hydrogen) atoms. The first-order valence-corrected chi connectivity index (χ1v) is 9.56. The average Bonchev–Trinajstić information content (AvgIpc) is 2.98. The molecule has 0 aliphatic carbocycles. The maximum absolute atomic E-state index is 11.5. The Balaban J connectivity index is 1.62. The van der Waals surface area contributed by atoms with Crippen LogP contribution in [0.1, 0.15) is 24.5 Å². The molecule has 2 aliphatic rings. The van der Waals surface area contributed by atoms with Gasteiger partial charge in [0.05, 0.1) is 18.6 Å². The molecule has 1 saturated heterocycles. The van der Waals surface area contributed by atoms with Gasteiger partial charge in [-0.3, -0.25) is 0 Å². The number of ether oxygens (including phenoxy) is 2. The van der Waals surface area contributed by atoms with Crippen molar-refractivity contribution in [2.24, 2.45) is 5.92 Å². The molecule has 0 aromatic heterocycles. The lowest BCUT2D eigenvalue weighted by atomic mass is 10.1. The second kappa shape index (κ2) is 6.08. The van der Waals surface area contributed by atoms with E-state index in [1.54, 1.807) is 7.11 Å². The summed E-state index contributed by atoms with van der Waals surface area (Å²) in [6, 6.07) is 4.09. The van der Waals surface area contributed by atoms with Crippen molar-refractivity contribution in [2.45, 2.75) is 32.4 Å². The number of nitrogens with one attached hydrogen (secondary N) is 1. The molecule has 2 aliphatic heterocycles. The number of hydrogen-bond acceptors (Lipinski definition) is 5. The van der Waals surface area contributed by atoms with E-state index in [9.17, 15) is 8.42 Å². The first kappa shape index (κ1) is 15.6. The van der Waals surface area contributed by atoms with Crippen LogP contribution in [0.2, 0.25) is 0 Å². The standard InChI is InChI=1S/C16H23NO4S/c1-11-5-13-6-15(20-2)14(7-16(13)21-11)9-17-8-12-3-4-22(18,19)10-12/h6-7,11-12,17H,3-5,8-10H2,1-2H3/t11-,12-/m1/s1. The molecule has 0 saturated carbocycles. The van der Waals surface area contributed by atoms with Crippen LogP contribution in [0.15, 0.2) is 12.1 Å². The van der Waals surface area contributed by atoms with Gasteiger partial charge in [-0.15, -0.1) is 0 Å². The van der Waals surface area contributed by atoms with Crippen LogP contribution >= 0.6 is 0 Å². The molecular formula is C16H23NO4S. The largest absolute Gasteiger partial charge is 0.496 e. The molecule has 5 nitrogen and oxygen atoms in total. The summed E-state index contributed by atoms with van der Waals surface area (Å²) >= 11 is 0. The van der Waals surface area contributed by atoms with Gasteiger partial charge in [0.15, 0.2) is 9.84 Å². The first-order valence-electron chi connectivity index (χ1n) is 7.74. The maximum atomic E-state index is 11.5. The van der Waals surface area contributed by atoms with Crippen molar-refractivity contribution in [1.29, 1.82) is 0 Å². The highest BCUT2D eigenvalue weighted by molar-refractivity contribution is 7.91. The fourth-order valence-electron chi connectivity index (χ4n) is 3.25. The summed E-state index contributed by atoms with van der Waals surface area (Å²) < 4.78 is 34.2. The van der Waals surface area contributed by atoms with E-state index in [2.05, 4.69) is 18.3 Å². The van der Waals surface area contributed by atoms with Crippen molar-refractivity contribution < 1.29 is 17.9 Å². The summed E-state index contributed by atoms with van der Waals surface area (Å²) in [6.07, 6.45) is 1.89. The third kappa shape index (κ3) is 3.38. The summed E-state index contributed by atoms with van der Waals surface area (Å²) in [4.78, 5) is 0. The third-order valence-corrected chi connectivity index (χ3v) is 6.21. The average molecular weight is 325 g/mol. The predicted molar refractivity (Wildman–Crippen MR) is 85.3 cm³/mol. The molecule has 0 amide bonds. The lowest BCUT2D eigenvalue weighted by Gasteiger charge is -2.13. The van der Waals surface area contributed by atoms with E-state index in [0.29, 0.717) is 18.1 Å². The van der Waals surface area contributed by atoms with Crippen LogP contribution < -0.4 is 14.8 Å². The molecule has 1 aromatic rings. The molecule has 1 fully saturated rings. The van der Waals surface area contributed by atoms with E-state index in [0.717, 1.165) is 36.4 Å². The summed E-state index contributed by atoms with van der Waals surface area (Å²) in [6.45, 7) is 3.44. The predicted octanol–water partition coefficient (Wildman–Crippen LogP) is 1.54. The van der Waals surface area contributed by atoms with Crippen molar-refractivity contribution in [2.75, 3.05) is 25.2 Å². The molecular weight excluding hydrogens is 302 g/mol. The monoisotopic (exact) mass is 325 g/mol. The Morgan fingerprint density at radius 3 is 2.91 bits per heavy atom. The van der Waals surface area contributed by atoms with E-state index < -0.39 is 9.84 Å². The zero-order valence-electron chi connectivity index (χ0n) is 13.1. The highest BCUT2D eigenvalue weighted by atomic mass is 32.2. The highest BCUT2D eigenvalue weighted by Crippen LogP contribution is 2.35. The van der Waals surface area contributed by atoms with Gasteiger partial charge < -0.3 is 14.8 Å². The third-order valence-electron chi connectivity index (χ3n) is 4.37. The molecule has 2 heterocycles. The number of fused-ring (bicyclic) bond motifs is 1. The quantitative estimate of drug-likeness (QED) is 0.890. The van der Waals surface area contributed by atoms with Crippen LogP contribution in [0.5, 0.6) is 11.5 Å². The molecule has 6 heteroatoms. The molecule has 0 unspecified atom stereocenters. The van der Waals surface area contributed by atoms with E-state index in [-0.39, 0.29) is 12.0 Å². The van der Waals surface area contributed by atoms with E-state index >= 15 is 0 Å². The molecule has 122 valence electrons. The maximum Gasteiger partial charge on any atom is 0.150 e. The molecule has 0 radical (unpaired) electrons. The van der Waals surface area contributed by atoms with Gasteiger partial charge in [-0.05, 0) is 37.9 Å². The minimum atomic E-state index is -2.80. The minimum absolute atomic E-state index is 0.214. The zero-order valence-corrected chi connectivity index (χ0v) is 13.9. The normalized spacial score (nSPS) is 25.7. The molecule has 1 N–H and O–H groups in total. The van der Waals surface area contributed by atoms with Gasteiger partial charge in [0, 0.05) is 24.1 Å². The molecule has 1 aromatic carbocycles. The van der Waals surface area contributed by atoms with Crippen molar-refractivity contribution in [3.05, 3.63) is 23.3 Å². The van der Waals surface area contributed by atoms with Crippen LogP contribution in [0.4, 0.5) is 0 Å². The highest BCUT2D eigenvalue weighted by Gasteiger charge is 2.27. The summed E-state index contributed by atoms with van der Waals surface area (Å²) in [7, 11) is -1.13. The van der Waals surface area contributed by atoms with Crippen LogP contribution in [0.25, 0.3) is 0 Å². The summed E-state index contributed by atoms with van der Waals surface area (Å²) in [5.74, 6) is 2.66. The summed E-state index contributed by atoms with van der Waals surface area (Å²) in [5, 5.41) is 3.36. The number of sulfone groups is 1. The van der Waals surface area contributed by atoms with Gasteiger partial charge in [-0.25, -0.2) is 8.42 Å². The molecule has 2 atom stereocenters. The van der Waals surface area contributed by atoms with E-state index in [1.165, 1.54) is 5.56 Å². The van der Waals surface area contributed by atoms with Crippen LogP contribution in [-0.4, -0.2) is 39.7 Å². The Labute approximate surface area is 131 Å². The fourth-order valence-corrected chi connectivity index (χ4v) is 5.12. The zero-order chi connectivity index (χ0) is 15.7. The Morgan fingerprint density at radius 2 is 2.23 bits per heavy atom. The van der Waals surface area contributed by atoms with Crippen molar-refractivity contribution in [3.63, 3.8) is 0 Å². The van der Waals surface area contributed by atoms with Crippen molar-refractivity contribution in [1.82, 2.24) is 5.32 Å². The number of benzene rings is 1. The lowest BCUT2D eigenvalue weighted by Crippen LogP contribution is -2.23. The number of hydrogen-bond donors (Lipinski definition) is 1. The first-order chi connectivity index (χ1) is 10.5. The molecule has 0 spiro atoms. The van der Waals surface area contributed by atoms with Crippen molar-refractivity contribution >= 4 is 9.84 Å². The number of rotatable bonds is 5.